The Morgan fingerprint density at radius 2 is 2.00 bits per heavy atom. The molecule has 1 heterocycles. The summed E-state index contributed by atoms with van der Waals surface area (Å²) in [7, 11) is 0. The third-order valence-electron chi connectivity index (χ3n) is 3.58. The molecule has 0 spiro atoms. The lowest BCUT2D eigenvalue weighted by molar-refractivity contribution is 0.0946. The molecule has 0 aromatic heterocycles. The summed E-state index contributed by atoms with van der Waals surface area (Å²) in [6, 6.07) is 11.5. The van der Waals surface area contributed by atoms with Crippen molar-refractivity contribution in [2.45, 2.75) is 11.8 Å². The molecule has 1 unspecified atom stereocenters. The molecule has 0 saturated heterocycles. The summed E-state index contributed by atoms with van der Waals surface area (Å²) >= 11 is 14.9. The zero-order chi connectivity index (χ0) is 15.0. The highest BCUT2D eigenvalue weighted by atomic mass is 127. The second-order valence-electron chi connectivity index (χ2n) is 4.95. The second kappa shape index (κ2) is 6.15. The second-order valence-corrected chi connectivity index (χ2v) is 6.99. The van der Waals surface area contributed by atoms with Crippen molar-refractivity contribution in [3.8, 4) is 0 Å². The average Bonchev–Trinajstić information content (AvgIpc) is 2.49. The summed E-state index contributed by atoms with van der Waals surface area (Å²) in [5.41, 5.74) is 3.67. The number of halogens is 3. The fraction of sp³-hybridized carbons (Fsp3) is 0.188. The van der Waals surface area contributed by atoms with Crippen LogP contribution in [-0.4, -0.2) is 12.5 Å². The maximum atomic E-state index is 11.9. The number of rotatable bonds is 2. The number of amides is 1. The summed E-state index contributed by atoms with van der Waals surface area (Å²) in [5, 5.41) is 3.20. The van der Waals surface area contributed by atoms with E-state index in [4.69, 9.17) is 23.2 Å². The van der Waals surface area contributed by atoms with Crippen molar-refractivity contribution in [1.82, 2.24) is 5.32 Å². The number of benzene rings is 2. The number of carbonyl (C=O) groups excluding carboxylic acids is 1. The molecule has 0 aliphatic carbocycles. The van der Waals surface area contributed by atoms with Gasteiger partial charge in [0.25, 0.3) is 5.91 Å². The van der Waals surface area contributed by atoms with Crippen LogP contribution in [0.25, 0.3) is 0 Å². The monoisotopic (exact) mass is 431 g/mol. The number of hydrogen-bond acceptors (Lipinski definition) is 1. The lowest BCUT2D eigenvalue weighted by atomic mass is 9.95. The molecule has 2 aromatic rings. The van der Waals surface area contributed by atoms with Gasteiger partial charge >= 0.3 is 0 Å². The van der Waals surface area contributed by atoms with E-state index in [1.165, 1.54) is 0 Å². The summed E-state index contributed by atoms with van der Waals surface area (Å²) in [6.07, 6.45) is 0.864. The van der Waals surface area contributed by atoms with E-state index in [2.05, 4.69) is 27.9 Å². The van der Waals surface area contributed by atoms with E-state index in [0.29, 0.717) is 11.6 Å². The molecule has 1 aliphatic heterocycles. The van der Waals surface area contributed by atoms with Crippen LogP contribution in [0.4, 0.5) is 0 Å². The number of alkyl halides is 1. The first kappa shape index (κ1) is 15.1. The van der Waals surface area contributed by atoms with Crippen LogP contribution in [0.2, 0.25) is 5.02 Å². The van der Waals surface area contributed by atoms with Gasteiger partial charge in [0.15, 0.2) is 0 Å². The molecule has 0 fully saturated rings. The van der Waals surface area contributed by atoms with E-state index in [9.17, 15) is 4.79 Å². The summed E-state index contributed by atoms with van der Waals surface area (Å²) in [6.45, 7) is 0.696. The van der Waals surface area contributed by atoms with Crippen LogP contribution in [0.3, 0.4) is 0 Å². The van der Waals surface area contributed by atoms with Crippen LogP contribution in [0.1, 0.15) is 32.4 Å². The Morgan fingerprint density at radius 3 is 2.81 bits per heavy atom. The number of carbonyl (C=O) groups is 1. The molecule has 1 amide bonds. The van der Waals surface area contributed by atoms with Crippen molar-refractivity contribution in [3.05, 3.63) is 67.2 Å². The third-order valence-corrected chi connectivity index (χ3v) is 5.29. The van der Waals surface area contributed by atoms with Gasteiger partial charge in [0.2, 0.25) is 0 Å². The van der Waals surface area contributed by atoms with Gasteiger partial charge in [0, 0.05) is 20.7 Å². The Kier molecular flexibility index (Phi) is 4.43. The maximum absolute atomic E-state index is 11.9. The van der Waals surface area contributed by atoms with Gasteiger partial charge in [-0.3, -0.25) is 4.79 Å². The lowest BCUT2D eigenvalue weighted by Gasteiger charge is -2.19. The van der Waals surface area contributed by atoms with E-state index in [1.54, 1.807) is 0 Å². The Labute approximate surface area is 147 Å². The minimum Gasteiger partial charge on any atom is -0.352 e. The largest absolute Gasteiger partial charge is 0.352 e. The predicted octanol–water partition coefficient (Wildman–Crippen LogP) is 4.56. The zero-order valence-corrected chi connectivity index (χ0v) is 14.7. The summed E-state index contributed by atoms with van der Waals surface area (Å²) in [4.78, 5) is 11.9. The highest BCUT2D eigenvalue weighted by Gasteiger charge is 2.20. The van der Waals surface area contributed by atoms with Crippen molar-refractivity contribution in [2.24, 2.45) is 0 Å². The van der Waals surface area contributed by atoms with E-state index in [0.717, 1.165) is 32.2 Å². The van der Waals surface area contributed by atoms with Gasteiger partial charge in [-0.05, 0) is 70.0 Å². The van der Waals surface area contributed by atoms with E-state index >= 15 is 0 Å². The molecule has 0 bridgehead atoms. The van der Waals surface area contributed by atoms with Gasteiger partial charge in [-0.1, -0.05) is 23.7 Å². The van der Waals surface area contributed by atoms with Crippen molar-refractivity contribution >= 4 is 51.7 Å². The summed E-state index contributed by atoms with van der Waals surface area (Å²) < 4.78 is 1.05. The molecule has 1 aliphatic rings. The Hall–Kier alpha value is -0.780. The molecular weight excluding hydrogens is 420 g/mol. The minimum absolute atomic E-state index is 0.0252. The van der Waals surface area contributed by atoms with Gasteiger partial charge in [0.05, 0.1) is 5.38 Å². The molecule has 0 radical (unpaired) electrons. The van der Waals surface area contributed by atoms with Crippen LogP contribution in [0, 0.1) is 3.57 Å². The first-order valence-corrected chi connectivity index (χ1v) is 8.45. The molecule has 5 heteroatoms. The highest BCUT2D eigenvalue weighted by Crippen LogP contribution is 2.34. The lowest BCUT2D eigenvalue weighted by Crippen LogP contribution is -2.31. The van der Waals surface area contributed by atoms with Crippen LogP contribution >= 0.6 is 45.8 Å². The molecule has 1 N–H and O–H groups in total. The first-order valence-electron chi connectivity index (χ1n) is 6.56. The molecule has 108 valence electrons. The van der Waals surface area contributed by atoms with Gasteiger partial charge < -0.3 is 5.32 Å². The fourth-order valence-electron chi connectivity index (χ4n) is 2.48. The van der Waals surface area contributed by atoms with Crippen LogP contribution in [0.5, 0.6) is 0 Å². The molecule has 2 aromatic carbocycles. The number of nitrogens with one attached hydrogen (secondary N) is 1. The van der Waals surface area contributed by atoms with Crippen molar-refractivity contribution in [1.29, 1.82) is 0 Å². The molecule has 0 saturated carbocycles. The highest BCUT2D eigenvalue weighted by molar-refractivity contribution is 14.1. The van der Waals surface area contributed by atoms with Gasteiger partial charge in [0.1, 0.15) is 0 Å². The Balaban J connectivity index is 2.02. The topological polar surface area (TPSA) is 29.1 Å². The van der Waals surface area contributed by atoms with E-state index < -0.39 is 0 Å². The molecule has 3 rings (SSSR count). The maximum Gasteiger partial charge on any atom is 0.251 e. The molecule has 1 atom stereocenters. The summed E-state index contributed by atoms with van der Waals surface area (Å²) in [5.74, 6) is -0.0252. The third kappa shape index (κ3) is 3.05. The average molecular weight is 432 g/mol. The number of hydrogen-bond donors (Lipinski definition) is 1. The quantitative estimate of drug-likeness (QED) is 0.548. The van der Waals surface area contributed by atoms with E-state index in [1.807, 2.05) is 36.4 Å². The normalized spacial score (nSPS) is 15.3. The number of fused-ring (bicyclic) bond motifs is 1. The van der Waals surface area contributed by atoms with Crippen LogP contribution < -0.4 is 5.32 Å². The van der Waals surface area contributed by atoms with Crippen LogP contribution in [-0.2, 0) is 6.42 Å². The van der Waals surface area contributed by atoms with Crippen LogP contribution in [0.15, 0.2) is 36.4 Å². The fourth-order valence-corrected chi connectivity index (χ4v) is 3.80. The van der Waals surface area contributed by atoms with Gasteiger partial charge in [-0.25, -0.2) is 0 Å². The Bertz CT molecular complexity index is 717. The standard InChI is InChI=1S/C16H12Cl2INO/c17-11-3-4-14(19)13(8-11)15(18)10-2-1-9-5-6-20-16(21)12(9)7-10/h1-4,7-8,15H,5-6H2,(H,20,21). The predicted molar refractivity (Wildman–Crippen MR) is 94.3 cm³/mol. The molecule has 2 nitrogen and oxygen atoms in total. The van der Waals surface area contributed by atoms with Gasteiger partial charge in [-0.2, -0.15) is 0 Å². The van der Waals surface area contributed by atoms with Gasteiger partial charge in [-0.15, -0.1) is 11.6 Å². The zero-order valence-electron chi connectivity index (χ0n) is 11.0. The molecular formula is C16H12Cl2INO. The van der Waals surface area contributed by atoms with E-state index in [-0.39, 0.29) is 11.3 Å². The minimum atomic E-state index is -0.323. The SMILES string of the molecule is O=C1NCCc2ccc(C(Cl)c3cc(Cl)ccc3I)cc21. The first-order chi connectivity index (χ1) is 10.1. The van der Waals surface area contributed by atoms with Crippen molar-refractivity contribution < 1.29 is 4.79 Å². The smallest absolute Gasteiger partial charge is 0.251 e. The Morgan fingerprint density at radius 1 is 1.19 bits per heavy atom. The van der Waals surface area contributed by atoms with Crippen molar-refractivity contribution in [2.75, 3.05) is 6.54 Å². The molecule has 21 heavy (non-hydrogen) atoms. The van der Waals surface area contributed by atoms with Crippen molar-refractivity contribution in [3.63, 3.8) is 0 Å².